The highest BCUT2D eigenvalue weighted by molar-refractivity contribution is 5.73. The van der Waals surface area contributed by atoms with E-state index in [4.69, 9.17) is 19.8 Å². The zero-order valence-corrected chi connectivity index (χ0v) is 13.8. The second-order valence-corrected chi connectivity index (χ2v) is 5.90. The summed E-state index contributed by atoms with van der Waals surface area (Å²) in [5, 5.41) is 21.1. The van der Waals surface area contributed by atoms with Crippen molar-refractivity contribution in [3.63, 3.8) is 0 Å². The molecule has 0 amide bonds. The molecule has 2 unspecified atom stereocenters. The zero-order chi connectivity index (χ0) is 20.4. The molecule has 2 heterocycles. The van der Waals surface area contributed by atoms with Crippen LogP contribution in [0, 0.1) is 11.8 Å². The molecule has 2 rings (SSSR count). The van der Waals surface area contributed by atoms with Crippen molar-refractivity contribution in [1.29, 1.82) is 0 Å². The molecule has 154 valence electrons. The van der Waals surface area contributed by atoms with Gasteiger partial charge in [0.2, 0.25) is 0 Å². The molecule has 0 aromatic carbocycles. The Labute approximate surface area is 145 Å². The van der Waals surface area contributed by atoms with Crippen LogP contribution in [0.5, 0.6) is 0 Å². The van der Waals surface area contributed by atoms with E-state index in [1.54, 1.807) is 0 Å². The standard InChI is InChI=1S/C10H20N2.2C2HF3O2/c1(9-3-5-11-7-9)2-10-4-6-12-8-10;2*3-2(4,5)1(6)7/h9-12H,1-8H2;2*(H,6,7). The summed E-state index contributed by atoms with van der Waals surface area (Å²) in [6.07, 6.45) is -4.42. The molecule has 2 atom stereocenters. The van der Waals surface area contributed by atoms with Crippen LogP contribution in [0.15, 0.2) is 0 Å². The van der Waals surface area contributed by atoms with Crippen molar-refractivity contribution in [2.24, 2.45) is 11.8 Å². The van der Waals surface area contributed by atoms with Gasteiger partial charge in [0.05, 0.1) is 0 Å². The second kappa shape index (κ2) is 11.2. The van der Waals surface area contributed by atoms with Crippen molar-refractivity contribution in [3.05, 3.63) is 0 Å². The third-order valence-electron chi connectivity index (χ3n) is 3.79. The largest absolute Gasteiger partial charge is 0.490 e. The summed E-state index contributed by atoms with van der Waals surface area (Å²) < 4.78 is 63.5. The maximum Gasteiger partial charge on any atom is 0.490 e. The second-order valence-electron chi connectivity index (χ2n) is 5.90. The van der Waals surface area contributed by atoms with Gasteiger partial charge in [-0.2, -0.15) is 26.3 Å². The summed E-state index contributed by atoms with van der Waals surface area (Å²) in [4.78, 5) is 17.8. The summed E-state index contributed by atoms with van der Waals surface area (Å²) in [6.45, 7) is 5.07. The lowest BCUT2D eigenvalue weighted by atomic mass is 9.95. The molecule has 0 aromatic rings. The Morgan fingerprint density at radius 3 is 1.19 bits per heavy atom. The van der Waals surface area contributed by atoms with Crippen LogP contribution in [0.3, 0.4) is 0 Å². The summed E-state index contributed by atoms with van der Waals surface area (Å²) in [5.74, 6) is -3.53. The van der Waals surface area contributed by atoms with Crippen LogP contribution >= 0.6 is 0 Å². The molecular formula is C14H22F6N2O4. The molecule has 0 aliphatic carbocycles. The molecule has 2 aliphatic rings. The topological polar surface area (TPSA) is 98.7 Å². The molecule has 0 bridgehead atoms. The molecule has 2 saturated heterocycles. The quantitative estimate of drug-likeness (QED) is 0.547. The molecule has 4 N–H and O–H groups in total. The van der Waals surface area contributed by atoms with E-state index in [0.29, 0.717) is 0 Å². The number of aliphatic carboxylic acids is 2. The Morgan fingerprint density at radius 1 is 0.769 bits per heavy atom. The molecule has 0 aromatic heterocycles. The fourth-order valence-corrected chi connectivity index (χ4v) is 2.39. The predicted octanol–water partition coefficient (Wildman–Crippen LogP) is 2.25. The van der Waals surface area contributed by atoms with Crippen molar-refractivity contribution in [3.8, 4) is 0 Å². The minimum Gasteiger partial charge on any atom is -0.475 e. The minimum absolute atomic E-state index is 0.991. The van der Waals surface area contributed by atoms with Gasteiger partial charge in [-0.15, -0.1) is 0 Å². The number of carboxylic acids is 2. The smallest absolute Gasteiger partial charge is 0.475 e. The van der Waals surface area contributed by atoms with Crippen molar-refractivity contribution in [1.82, 2.24) is 10.6 Å². The summed E-state index contributed by atoms with van der Waals surface area (Å²) in [5.41, 5.74) is 0. The SMILES string of the molecule is C1CC(CCC2CCNC2)CN1.O=C(O)C(F)(F)F.O=C(O)C(F)(F)F. The lowest BCUT2D eigenvalue weighted by molar-refractivity contribution is -0.193. The Bertz CT molecular complexity index is 390. The number of carboxylic acid groups (broad SMARTS) is 2. The highest BCUT2D eigenvalue weighted by atomic mass is 19.4. The van der Waals surface area contributed by atoms with Crippen LogP contribution in [0.4, 0.5) is 26.3 Å². The first kappa shape index (κ1) is 24.4. The van der Waals surface area contributed by atoms with Crippen LogP contribution in [-0.2, 0) is 9.59 Å². The fourth-order valence-electron chi connectivity index (χ4n) is 2.39. The number of alkyl halides is 6. The number of hydrogen-bond acceptors (Lipinski definition) is 4. The van der Waals surface area contributed by atoms with Crippen molar-refractivity contribution in [2.75, 3.05) is 26.2 Å². The monoisotopic (exact) mass is 396 g/mol. The molecule has 26 heavy (non-hydrogen) atoms. The van der Waals surface area contributed by atoms with Crippen LogP contribution in [-0.4, -0.2) is 60.7 Å². The Morgan fingerprint density at radius 2 is 1.04 bits per heavy atom. The van der Waals surface area contributed by atoms with Gasteiger partial charge in [-0.1, -0.05) is 0 Å². The van der Waals surface area contributed by atoms with Crippen LogP contribution < -0.4 is 10.6 Å². The minimum atomic E-state index is -5.08. The molecule has 6 nitrogen and oxygen atoms in total. The Kier molecular flexibility index (Phi) is 10.5. The van der Waals surface area contributed by atoms with Crippen molar-refractivity contribution >= 4 is 11.9 Å². The molecule has 2 fully saturated rings. The van der Waals surface area contributed by atoms with E-state index in [0.717, 1.165) is 11.8 Å². The first-order valence-corrected chi connectivity index (χ1v) is 7.85. The van der Waals surface area contributed by atoms with Gasteiger partial charge in [-0.25, -0.2) is 9.59 Å². The lowest BCUT2D eigenvalue weighted by Gasteiger charge is -2.11. The average Bonchev–Trinajstić information content (AvgIpc) is 3.18. The number of halogens is 6. The molecule has 0 saturated carbocycles. The molecular weight excluding hydrogens is 374 g/mol. The average molecular weight is 396 g/mol. The van der Waals surface area contributed by atoms with Gasteiger partial charge in [0.1, 0.15) is 0 Å². The van der Waals surface area contributed by atoms with E-state index in [9.17, 15) is 26.3 Å². The first-order valence-electron chi connectivity index (χ1n) is 7.85. The van der Waals surface area contributed by atoms with E-state index >= 15 is 0 Å². The number of rotatable bonds is 3. The van der Waals surface area contributed by atoms with Gasteiger partial charge >= 0.3 is 24.3 Å². The van der Waals surface area contributed by atoms with Crippen LogP contribution in [0.25, 0.3) is 0 Å². The van der Waals surface area contributed by atoms with Crippen LogP contribution in [0.2, 0.25) is 0 Å². The van der Waals surface area contributed by atoms with Gasteiger partial charge in [0.15, 0.2) is 0 Å². The Balaban J connectivity index is 0.000000390. The summed E-state index contributed by atoms with van der Waals surface area (Å²) in [6, 6.07) is 0. The highest BCUT2D eigenvalue weighted by Crippen LogP contribution is 2.21. The zero-order valence-electron chi connectivity index (χ0n) is 13.8. The molecule has 12 heteroatoms. The molecule has 2 aliphatic heterocycles. The van der Waals surface area contributed by atoms with E-state index in [1.807, 2.05) is 0 Å². The summed E-state index contributed by atoms with van der Waals surface area (Å²) >= 11 is 0. The number of hydrogen-bond donors (Lipinski definition) is 4. The van der Waals surface area contributed by atoms with Gasteiger partial charge in [-0.05, 0) is 63.7 Å². The first-order chi connectivity index (χ1) is 11.8. The van der Waals surface area contributed by atoms with E-state index in [-0.39, 0.29) is 0 Å². The Hall–Kier alpha value is -1.56. The van der Waals surface area contributed by atoms with Crippen molar-refractivity contribution in [2.45, 2.75) is 38.0 Å². The van der Waals surface area contributed by atoms with Gasteiger partial charge < -0.3 is 20.8 Å². The number of nitrogens with one attached hydrogen (secondary N) is 2. The van der Waals surface area contributed by atoms with Gasteiger partial charge in [0.25, 0.3) is 0 Å². The molecule has 0 radical (unpaired) electrons. The van der Waals surface area contributed by atoms with E-state index < -0.39 is 24.3 Å². The fraction of sp³-hybridized carbons (Fsp3) is 0.857. The van der Waals surface area contributed by atoms with E-state index in [1.165, 1.54) is 51.9 Å². The van der Waals surface area contributed by atoms with E-state index in [2.05, 4.69) is 10.6 Å². The number of carbonyl (C=O) groups is 2. The molecule has 0 spiro atoms. The maximum absolute atomic E-state index is 10.6. The van der Waals surface area contributed by atoms with Crippen molar-refractivity contribution < 1.29 is 46.1 Å². The van der Waals surface area contributed by atoms with Gasteiger partial charge in [0, 0.05) is 0 Å². The maximum atomic E-state index is 10.6. The third-order valence-corrected chi connectivity index (χ3v) is 3.79. The highest BCUT2D eigenvalue weighted by Gasteiger charge is 2.38. The predicted molar refractivity (Wildman–Crippen MR) is 78.6 cm³/mol. The normalized spacial score (nSPS) is 22.7. The summed E-state index contributed by atoms with van der Waals surface area (Å²) in [7, 11) is 0. The van der Waals surface area contributed by atoms with Gasteiger partial charge in [-0.3, -0.25) is 0 Å². The lowest BCUT2D eigenvalue weighted by Crippen LogP contribution is -2.21. The third kappa shape index (κ3) is 11.9. The van der Waals surface area contributed by atoms with Crippen LogP contribution in [0.1, 0.15) is 25.7 Å².